The van der Waals surface area contributed by atoms with Crippen molar-refractivity contribution in [2.75, 3.05) is 0 Å². The maximum Gasteiger partial charge on any atom is 0.408 e. The third kappa shape index (κ3) is 4.25. The Hall–Kier alpha value is -3.30. The molecule has 2 heterocycles. The number of halogens is 2. The van der Waals surface area contributed by atoms with Crippen LogP contribution in [0.25, 0.3) is 16.7 Å². The molecule has 1 atom stereocenters. The topological polar surface area (TPSA) is 102 Å². The van der Waals surface area contributed by atoms with Crippen molar-refractivity contribution in [1.29, 1.82) is 0 Å². The largest absolute Gasteiger partial charge is 0.444 e. The number of carbonyl (C=O) groups is 1. The van der Waals surface area contributed by atoms with Crippen molar-refractivity contribution in [3.8, 4) is 5.82 Å². The molecule has 0 radical (unpaired) electrons. The van der Waals surface area contributed by atoms with Gasteiger partial charge in [0.25, 0.3) is 12.0 Å². The Morgan fingerprint density at radius 2 is 2.00 bits per heavy atom. The molecule has 0 bridgehead atoms. The van der Waals surface area contributed by atoms with Crippen LogP contribution in [0.1, 0.15) is 51.6 Å². The molecule has 0 fully saturated rings. The fourth-order valence-electron chi connectivity index (χ4n) is 2.87. The maximum atomic E-state index is 13.5. The van der Waals surface area contributed by atoms with Gasteiger partial charge in [-0.05, 0) is 33.8 Å². The number of ether oxygens (including phenoxy) is 1. The second-order valence-corrected chi connectivity index (χ2v) is 7.46. The summed E-state index contributed by atoms with van der Waals surface area (Å²) in [6.45, 7) is 6.71. The average molecular weight is 405 g/mol. The van der Waals surface area contributed by atoms with Crippen LogP contribution in [0, 0.1) is 0 Å². The van der Waals surface area contributed by atoms with Gasteiger partial charge >= 0.3 is 6.09 Å². The Morgan fingerprint density at radius 1 is 1.28 bits per heavy atom. The number of hydrogen-bond acceptors (Lipinski definition) is 5. The molecule has 29 heavy (non-hydrogen) atoms. The third-order valence-corrected chi connectivity index (χ3v) is 4.04. The van der Waals surface area contributed by atoms with Gasteiger partial charge < -0.3 is 10.1 Å². The van der Waals surface area contributed by atoms with E-state index in [2.05, 4.69) is 20.5 Å². The van der Waals surface area contributed by atoms with Crippen LogP contribution in [-0.2, 0) is 4.74 Å². The number of amides is 1. The molecule has 2 aromatic heterocycles. The van der Waals surface area contributed by atoms with Crippen LogP contribution in [0.4, 0.5) is 13.6 Å². The van der Waals surface area contributed by atoms with E-state index >= 15 is 0 Å². The van der Waals surface area contributed by atoms with Gasteiger partial charge in [0.15, 0.2) is 0 Å². The van der Waals surface area contributed by atoms with Gasteiger partial charge in [-0.15, -0.1) is 0 Å². The summed E-state index contributed by atoms with van der Waals surface area (Å²) in [6, 6.07) is 4.74. The zero-order valence-electron chi connectivity index (χ0n) is 16.4. The molecule has 154 valence electrons. The van der Waals surface area contributed by atoms with E-state index in [0.29, 0.717) is 5.82 Å². The van der Waals surface area contributed by atoms with Gasteiger partial charge in [-0.25, -0.2) is 23.1 Å². The minimum atomic E-state index is -2.81. The lowest BCUT2D eigenvalue weighted by Gasteiger charge is -2.23. The van der Waals surface area contributed by atoms with Gasteiger partial charge in [-0.3, -0.25) is 9.89 Å². The van der Waals surface area contributed by atoms with E-state index in [1.54, 1.807) is 27.7 Å². The Kier molecular flexibility index (Phi) is 5.36. The summed E-state index contributed by atoms with van der Waals surface area (Å²) in [6.07, 6.45) is -2.09. The highest BCUT2D eigenvalue weighted by atomic mass is 19.3. The minimum absolute atomic E-state index is 0.0330. The summed E-state index contributed by atoms with van der Waals surface area (Å²) in [5.41, 5.74) is -1.76. The highest BCUT2D eigenvalue weighted by Gasteiger charge is 2.24. The van der Waals surface area contributed by atoms with Gasteiger partial charge in [0, 0.05) is 11.6 Å². The fraction of sp³-hybridized carbons (Fsp3) is 0.368. The van der Waals surface area contributed by atoms with Crippen molar-refractivity contribution in [1.82, 2.24) is 25.1 Å². The lowest BCUT2D eigenvalue weighted by molar-refractivity contribution is 0.0505. The van der Waals surface area contributed by atoms with E-state index in [0.717, 1.165) is 0 Å². The standard InChI is InChI=1S/C19H21F2N5O3/c1-10(23-18(28)29-19(2,3)4)16-24-14-11(15(20)21)6-5-7-12(14)17(27)26(16)13-8-9-22-25-13/h5-10,15H,1-4H3,(H,22,25)(H,23,28)/t10-/m0/s1. The zero-order valence-corrected chi connectivity index (χ0v) is 16.4. The average Bonchev–Trinajstić information content (AvgIpc) is 3.13. The molecule has 8 nitrogen and oxygen atoms in total. The van der Waals surface area contributed by atoms with E-state index in [1.807, 2.05) is 0 Å². The number of para-hydroxylation sites is 1. The maximum absolute atomic E-state index is 13.5. The number of aromatic amines is 1. The summed E-state index contributed by atoms with van der Waals surface area (Å²) in [5.74, 6) is 0.352. The third-order valence-electron chi connectivity index (χ3n) is 4.04. The number of alkyl halides is 2. The Balaban J connectivity index is 2.18. The number of aromatic nitrogens is 4. The highest BCUT2D eigenvalue weighted by molar-refractivity contribution is 5.81. The predicted octanol–water partition coefficient (Wildman–Crippen LogP) is 3.63. The number of nitrogens with one attached hydrogen (secondary N) is 2. The number of hydrogen-bond donors (Lipinski definition) is 2. The van der Waals surface area contributed by atoms with E-state index < -0.39 is 29.7 Å². The molecule has 2 N–H and O–H groups in total. The monoisotopic (exact) mass is 405 g/mol. The second kappa shape index (κ2) is 7.61. The molecule has 0 unspecified atom stereocenters. The molecule has 0 aliphatic heterocycles. The van der Waals surface area contributed by atoms with Crippen molar-refractivity contribution >= 4 is 17.0 Å². The zero-order chi connectivity index (χ0) is 21.3. The fourth-order valence-corrected chi connectivity index (χ4v) is 2.87. The molecule has 0 aliphatic carbocycles. The van der Waals surface area contributed by atoms with Crippen LogP contribution < -0.4 is 10.9 Å². The van der Waals surface area contributed by atoms with Gasteiger partial charge in [0.1, 0.15) is 17.2 Å². The minimum Gasteiger partial charge on any atom is -0.444 e. The molecule has 1 aromatic carbocycles. The molecule has 1 amide bonds. The van der Waals surface area contributed by atoms with Crippen LogP contribution in [0.15, 0.2) is 35.3 Å². The summed E-state index contributed by atoms with van der Waals surface area (Å²) >= 11 is 0. The molecule has 0 saturated heterocycles. The number of rotatable bonds is 4. The second-order valence-electron chi connectivity index (χ2n) is 7.46. The SMILES string of the molecule is C[C@H](NC(=O)OC(C)(C)C)c1nc2c(C(F)F)cccc2c(=O)n1-c1ccn[nH]1. The normalized spacial score (nSPS) is 12.9. The number of fused-ring (bicyclic) bond motifs is 1. The quantitative estimate of drug-likeness (QED) is 0.690. The predicted molar refractivity (Wildman–Crippen MR) is 102 cm³/mol. The van der Waals surface area contributed by atoms with Crippen LogP contribution in [0.5, 0.6) is 0 Å². The lowest BCUT2D eigenvalue weighted by atomic mass is 10.1. The molecule has 0 saturated carbocycles. The van der Waals surface area contributed by atoms with Gasteiger partial charge in [-0.1, -0.05) is 12.1 Å². The molecule has 0 spiro atoms. The first kappa shape index (κ1) is 20.4. The lowest BCUT2D eigenvalue weighted by Crippen LogP contribution is -2.37. The molecule has 3 aromatic rings. The number of benzene rings is 1. The molecular formula is C19H21F2N5O3. The van der Waals surface area contributed by atoms with Crippen molar-refractivity contribution in [2.45, 2.75) is 45.8 Å². The Labute approximate surface area is 164 Å². The van der Waals surface area contributed by atoms with E-state index in [-0.39, 0.29) is 22.3 Å². The summed E-state index contributed by atoms with van der Waals surface area (Å²) < 4.78 is 33.4. The molecule has 10 heteroatoms. The smallest absolute Gasteiger partial charge is 0.408 e. The molecular weight excluding hydrogens is 384 g/mol. The van der Waals surface area contributed by atoms with Gasteiger partial charge in [-0.2, -0.15) is 5.10 Å². The van der Waals surface area contributed by atoms with Gasteiger partial charge in [0.05, 0.1) is 23.1 Å². The number of alkyl carbamates (subject to hydrolysis) is 1. The van der Waals surface area contributed by atoms with Crippen molar-refractivity contribution < 1.29 is 18.3 Å². The van der Waals surface area contributed by atoms with Crippen LogP contribution >= 0.6 is 0 Å². The van der Waals surface area contributed by atoms with Crippen molar-refractivity contribution in [3.63, 3.8) is 0 Å². The van der Waals surface area contributed by atoms with Gasteiger partial charge in [0.2, 0.25) is 0 Å². The van der Waals surface area contributed by atoms with Crippen LogP contribution in [0.3, 0.4) is 0 Å². The summed E-state index contributed by atoms with van der Waals surface area (Å²) in [5, 5.41) is 9.12. The highest BCUT2D eigenvalue weighted by Crippen LogP contribution is 2.26. The molecule has 3 rings (SSSR count). The summed E-state index contributed by atoms with van der Waals surface area (Å²) in [4.78, 5) is 29.6. The van der Waals surface area contributed by atoms with Crippen molar-refractivity contribution in [3.05, 3.63) is 52.2 Å². The van der Waals surface area contributed by atoms with E-state index in [9.17, 15) is 18.4 Å². The first-order chi connectivity index (χ1) is 13.6. The molecule has 0 aliphatic rings. The summed E-state index contributed by atoms with van der Waals surface area (Å²) in [7, 11) is 0. The van der Waals surface area contributed by atoms with E-state index in [1.165, 1.54) is 35.0 Å². The van der Waals surface area contributed by atoms with Crippen LogP contribution in [-0.4, -0.2) is 31.4 Å². The Morgan fingerprint density at radius 3 is 2.59 bits per heavy atom. The number of carbonyl (C=O) groups excluding carboxylic acids is 1. The van der Waals surface area contributed by atoms with Crippen molar-refractivity contribution in [2.24, 2.45) is 0 Å². The first-order valence-corrected chi connectivity index (χ1v) is 8.91. The van der Waals surface area contributed by atoms with E-state index in [4.69, 9.17) is 4.74 Å². The first-order valence-electron chi connectivity index (χ1n) is 8.91. The number of H-pyrrole nitrogens is 1. The number of nitrogens with zero attached hydrogens (tertiary/aromatic N) is 3. The van der Waals surface area contributed by atoms with Crippen LogP contribution in [0.2, 0.25) is 0 Å². The Bertz CT molecular complexity index is 1090.